The molecule has 2 aromatic rings. The summed E-state index contributed by atoms with van der Waals surface area (Å²) in [5, 5.41) is 2.94. The van der Waals surface area contributed by atoms with Crippen LogP contribution in [0.4, 0.5) is 9.59 Å². The van der Waals surface area contributed by atoms with Gasteiger partial charge in [-0.2, -0.15) is 0 Å². The number of ether oxygens (including phenoxy) is 2. The number of carbonyl (C=O) groups is 2. The van der Waals surface area contributed by atoms with Crippen molar-refractivity contribution in [3.05, 3.63) is 29.6 Å². The summed E-state index contributed by atoms with van der Waals surface area (Å²) in [7, 11) is 0. The summed E-state index contributed by atoms with van der Waals surface area (Å²) in [5.74, 6) is 0.870. The van der Waals surface area contributed by atoms with E-state index in [0.29, 0.717) is 32.5 Å². The van der Waals surface area contributed by atoms with Crippen molar-refractivity contribution in [3.8, 4) is 0 Å². The van der Waals surface area contributed by atoms with Crippen molar-refractivity contribution >= 4 is 23.2 Å². The Balaban J connectivity index is 1.32. The van der Waals surface area contributed by atoms with Gasteiger partial charge in [0.1, 0.15) is 12.4 Å². The fourth-order valence-corrected chi connectivity index (χ4v) is 3.37. The van der Waals surface area contributed by atoms with Gasteiger partial charge in [-0.15, -0.1) is 0 Å². The quantitative estimate of drug-likeness (QED) is 0.813. The normalized spacial score (nSPS) is 19.1. The van der Waals surface area contributed by atoms with E-state index in [2.05, 4.69) is 15.3 Å². The summed E-state index contributed by atoms with van der Waals surface area (Å²) in [6.45, 7) is 3.73. The maximum absolute atomic E-state index is 12.4. The molecule has 4 rings (SSSR count). The van der Waals surface area contributed by atoms with E-state index >= 15 is 0 Å². The number of fused-ring (bicyclic) bond motifs is 1. The smallest absolute Gasteiger partial charge is 0.430 e. The number of amides is 2. The molecule has 0 radical (unpaired) electrons. The predicted octanol–water partition coefficient (Wildman–Crippen LogP) is 2.08. The standard InChI is InChI=1S/C17H20N4O4/c1-11-19-13-3-2-12(8-14(13)20-11)9-18-15(22)21-6-4-17(5-7-21)10-24-16(23)25-17/h2-3,8H,4-7,9-10H2,1H3,(H,18,22)(H,19,20). The lowest BCUT2D eigenvalue weighted by Crippen LogP contribution is -2.50. The monoisotopic (exact) mass is 344 g/mol. The summed E-state index contributed by atoms with van der Waals surface area (Å²) in [6.07, 6.45) is 0.596. The Bertz CT molecular complexity index is 823. The van der Waals surface area contributed by atoms with Crippen LogP contribution < -0.4 is 5.32 Å². The number of H-pyrrole nitrogens is 1. The molecule has 0 bridgehead atoms. The minimum absolute atomic E-state index is 0.110. The zero-order valence-corrected chi connectivity index (χ0v) is 14.0. The number of hydrogen-bond acceptors (Lipinski definition) is 5. The van der Waals surface area contributed by atoms with Gasteiger partial charge in [0.2, 0.25) is 0 Å². The zero-order chi connectivity index (χ0) is 17.4. The summed E-state index contributed by atoms with van der Waals surface area (Å²) in [4.78, 5) is 32.8. The number of cyclic esters (lactones) is 1. The van der Waals surface area contributed by atoms with E-state index in [4.69, 9.17) is 9.47 Å². The van der Waals surface area contributed by atoms with Gasteiger partial charge in [0.15, 0.2) is 5.60 Å². The van der Waals surface area contributed by atoms with Gasteiger partial charge in [-0.1, -0.05) is 6.07 Å². The van der Waals surface area contributed by atoms with Crippen molar-refractivity contribution in [2.24, 2.45) is 0 Å². The number of benzene rings is 1. The SMILES string of the molecule is Cc1nc2ccc(CNC(=O)N3CCC4(CC3)COC(=O)O4)cc2[nH]1. The molecular weight excluding hydrogens is 324 g/mol. The van der Waals surface area contributed by atoms with Gasteiger partial charge in [0.05, 0.1) is 11.0 Å². The Morgan fingerprint density at radius 2 is 2.20 bits per heavy atom. The lowest BCUT2D eigenvalue weighted by Gasteiger charge is -2.36. The number of aromatic nitrogens is 2. The molecule has 8 nitrogen and oxygen atoms in total. The summed E-state index contributed by atoms with van der Waals surface area (Å²) >= 11 is 0. The van der Waals surface area contributed by atoms with Crippen LogP contribution in [0.25, 0.3) is 11.0 Å². The van der Waals surface area contributed by atoms with Crippen molar-refractivity contribution in [2.45, 2.75) is 31.9 Å². The number of hydrogen-bond donors (Lipinski definition) is 2. The van der Waals surface area contributed by atoms with Crippen LogP contribution in [0.2, 0.25) is 0 Å². The summed E-state index contributed by atoms with van der Waals surface area (Å²) < 4.78 is 10.2. The van der Waals surface area contributed by atoms with Crippen LogP contribution in [0.3, 0.4) is 0 Å². The Morgan fingerprint density at radius 1 is 1.40 bits per heavy atom. The number of urea groups is 1. The van der Waals surface area contributed by atoms with Crippen LogP contribution in [-0.2, 0) is 16.0 Å². The highest BCUT2D eigenvalue weighted by atomic mass is 16.8. The first-order chi connectivity index (χ1) is 12.0. The Kier molecular flexibility index (Phi) is 3.74. The molecule has 8 heteroatoms. The molecule has 0 aliphatic carbocycles. The van der Waals surface area contributed by atoms with Crippen LogP contribution >= 0.6 is 0 Å². The number of nitrogens with zero attached hydrogens (tertiary/aromatic N) is 2. The summed E-state index contributed by atoms with van der Waals surface area (Å²) in [5.41, 5.74) is 2.35. The fourth-order valence-electron chi connectivity index (χ4n) is 3.37. The zero-order valence-electron chi connectivity index (χ0n) is 14.0. The van der Waals surface area contributed by atoms with Crippen LogP contribution in [-0.4, -0.2) is 52.4 Å². The maximum atomic E-state index is 12.4. The molecule has 0 unspecified atom stereocenters. The van der Waals surface area contributed by atoms with Crippen LogP contribution in [0, 0.1) is 6.92 Å². The molecule has 2 N–H and O–H groups in total. The summed E-state index contributed by atoms with van der Waals surface area (Å²) in [6, 6.07) is 5.79. The van der Waals surface area contributed by atoms with Crippen LogP contribution in [0.5, 0.6) is 0 Å². The van der Waals surface area contributed by atoms with Crippen molar-refractivity contribution < 1.29 is 19.1 Å². The molecule has 1 aromatic heterocycles. The van der Waals surface area contributed by atoms with Gasteiger partial charge in [-0.3, -0.25) is 0 Å². The number of imidazole rings is 1. The van der Waals surface area contributed by atoms with E-state index in [1.165, 1.54) is 0 Å². The van der Waals surface area contributed by atoms with Gasteiger partial charge in [-0.05, 0) is 24.6 Å². The topological polar surface area (TPSA) is 96.6 Å². The number of rotatable bonds is 2. The number of aromatic amines is 1. The third-order valence-corrected chi connectivity index (χ3v) is 4.82. The van der Waals surface area contributed by atoms with Crippen molar-refractivity contribution in [1.29, 1.82) is 0 Å². The Hall–Kier alpha value is -2.77. The molecule has 2 aliphatic heterocycles. The number of nitrogens with one attached hydrogen (secondary N) is 2. The van der Waals surface area contributed by atoms with E-state index in [1.54, 1.807) is 4.90 Å². The average molecular weight is 344 g/mol. The molecule has 2 amide bonds. The van der Waals surface area contributed by atoms with E-state index in [9.17, 15) is 9.59 Å². The minimum atomic E-state index is -0.609. The highest BCUT2D eigenvalue weighted by Gasteiger charge is 2.45. The first kappa shape index (κ1) is 15.7. The molecule has 2 fully saturated rings. The van der Waals surface area contributed by atoms with E-state index in [0.717, 1.165) is 22.4 Å². The molecule has 2 saturated heterocycles. The number of likely N-dealkylation sites (tertiary alicyclic amines) is 1. The second-order valence-electron chi connectivity index (χ2n) is 6.64. The number of carbonyl (C=O) groups excluding carboxylic acids is 2. The molecule has 25 heavy (non-hydrogen) atoms. The highest BCUT2D eigenvalue weighted by Crippen LogP contribution is 2.31. The minimum Gasteiger partial charge on any atom is -0.430 e. The predicted molar refractivity (Wildman–Crippen MR) is 89.0 cm³/mol. The lowest BCUT2D eigenvalue weighted by atomic mass is 9.92. The van der Waals surface area contributed by atoms with Crippen molar-refractivity contribution in [2.75, 3.05) is 19.7 Å². The fraction of sp³-hybridized carbons (Fsp3) is 0.471. The Labute approximate surface area is 144 Å². The molecule has 0 saturated carbocycles. The Morgan fingerprint density at radius 3 is 2.92 bits per heavy atom. The van der Waals surface area contributed by atoms with Gasteiger partial charge in [0, 0.05) is 32.5 Å². The lowest BCUT2D eigenvalue weighted by molar-refractivity contribution is 0.00933. The average Bonchev–Trinajstić information content (AvgIpc) is 3.14. The van der Waals surface area contributed by atoms with E-state index in [-0.39, 0.29) is 12.6 Å². The molecule has 132 valence electrons. The van der Waals surface area contributed by atoms with E-state index < -0.39 is 11.8 Å². The third-order valence-electron chi connectivity index (χ3n) is 4.82. The largest absolute Gasteiger partial charge is 0.509 e. The van der Waals surface area contributed by atoms with Gasteiger partial charge < -0.3 is 24.7 Å². The van der Waals surface area contributed by atoms with Gasteiger partial charge in [-0.25, -0.2) is 14.6 Å². The van der Waals surface area contributed by atoms with Crippen LogP contribution in [0.1, 0.15) is 24.2 Å². The molecule has 3 heterocycles. The molecular formula is C17H20N4O4. The van der Waals surface area contributed by atoms with Crippen molar-refractivity contribution in [1.82, 2.24) is 20.2 Å². The third kappa shape index (κ3) is 3.11. The first-order valence-electron chi connectivity index (χ1n) is 8.37. The van der Waals surface area contributed by atoms with Crippen LogP contribution in [0.15, 0.2) is 18.2 Å². The maximum Gasteiger partial charge on any atom is 0.509 e. The van der Waals surface area contributed by atoms with E-state index in [1.807, 2.05) is 25.1 Å². The van der Waals surface area contributed by atoms with Gasteiger partial charge >= 0.3 is 12.2 Å². The second-order valence-corrected chi connectivity index (χ2v) is 6.64. The number of piperidine rings is 1. The first-order valence-corrected chi connectivity index (χ1v) is 8.37. The highest BCUT2D eigenvalue weighted by molar-refractivity contribution is 5.77. The second kappa shape index (κ2) is 5.94. The molecule has 1 spiro atoms. The molecule has 1 aromatic carbocycles. The van der Waals surface area contributed by atoms with Crippen molar-refractivity contribution in [3.63, 3.8) is 0 Å². The number of aryl methyl sites for hydroxylation is 1. The van der Waals surface area contributed by atoms with Gasteiger partial charge in [0.25, 0.3) is 0 Å². The molecule has 0 atom stereocenters. The molecule has 2 aliphatic rings.